The molecule has 4 heteroatoms. The van der Waals surface area contributed by atoms with E-state index < -0.39 is 0 Å². The molecule has 4 aliphatic rings. The molecule has 0 radical (unpaired) electrons. The SMILES string of the molecule is NCC1[C@@H]2CC3C[C@H]1C[C@@](CNC(=O)OCc1ccccc1)(C3)C2. The summed E-state index contributed by atoms with van der Waals surface area (Å²) < 4.78 is 5.36. The van der Waals surface area contributed by atoms with Gasteiger partial charge in [0.2, 0.25) is 0 Å². The third kappa shape index (κ3) is 3.04. The summed E-state index contributed by atoms with van der Waals surface area (Å²) in [7, 11) is 0. The second kappa shape index (κ2) is 6.40. The number of hydrogen-bond donors (Lipinski definition) is 2. The van der Waals surface area contributed by atoms with Gasteiger partial charge in [0, 0.05) is 6.54 Å². The van der Waals surface area contributed by atoms with Crippen molar-refractivity contribution in [1.29, 1.82) is 0 Å². The van der Waals surface area contributed by atoms with Crippen LogP contribution in [0.2, 0.25) is 0 Å². The number of hydrogen-bond acceptors (Lipinski definition) is 3. The monoisotopic (exact) mass is 328 g/mol. The van der Waals surface area contributed by atoms with Gasteiger partial charge in [0.1, 0.15) is 6.61 Å². The lowest BCUT2D eigenvalue weighted by Crippen LogP contribution is -2.56. The van der Waals surface area contributed by atoms with E-state index in [1.807, 2.05) is 30.3 Å². The number of nitrogens with one attached hydrogen (secondary N) is 1. The van der Waals surface area contributed by atoms with Crippen molar-refractivity contribution in [2.75, 3.05) is 13.1 Å². The minimum Gasteiger partial charge on any atom is -0.445 e. The standard InChI is InChI=1S/C20H28N2O2/c21-11-18-16-6-15-7-17(18)10-20(8-15,9-16)13-22-19(23)24-12-14-4-2-1-3-5-14/h1-5,15-18H,6-13,21H2,(H,22,23)/t15?,16-,17+,18?,20-. The van der Waals surface area contributed by atoms with Crippen molar-refractivity contribution in [3.8, 4) is 0 Å². The minimum absolute atomic E-state index is 0.287. The molecule has 0 saturated heterocycles. The fourth-order valence-corrected chi connectivity index (χ4v) is 5.93. The summed E-state index contributed by atoms with van der Waals surface area (Å²) >= 11 is 0. The maximum atomic E-state index is 12.1. The van der Waals surface area contributed by atoms with Gasteiger partial charge in [-0.15, -0.1) is 0 Å². The molecule has 1 aromatic rings. The van der Waals surface area contributed by atoms with Crippen molar-refractivity contribution >= 4 is 6.09 Å². The van der Waals surface area contributed by atoms with E-state index in [2.05, 4.69) is 5.32 Å². The molecule has 0 aliphatic heterocycles. The largest absolute Gasteiger partial charge is 0.445 e. The van der Waals surface area contributed by atoms with Gasteiger partial charge in [0.15, 0.2) is 0 Å². The lowest BCUT2D eigenvalue weighted by Gasteiger charge is -2.60. The molecular formula is C20H28N2O2. The molecule has 4 fully saturated rings. The summed E-state index contributed by atoms with van der Waals surface area (Å²) in [5.74, 6) is 3.14. The van der Waals surface area contributed by atoms with Gasteiger partial charge in [0.25, 0.3) is 0 Å². The fourth-order valence-electron chi connectivity index (χ4n) is 5.93. The van der Waals surface area contributed by atoms with E-state index in [0.717, 1.165) is 42.3 Å². The first-order valence-electron chi connectivity index (χ1n) is 9.32. The molecule has 0 spiro atoms. The second-order valence-corrected chi connectivity index (χ2v) is 8.28. The summed E-state index contributed by atoms with van der Waals surface area (Å²) in [6.07, 6.45) is 6.18. The van der Waals surface area contributed by atoms with Gasteiger partial charge in [-0.25, -0.2) is 4.79 Å². The van der Waals surface area contributed by atoms with Crippen LogP contribution in [0.1, 0.15) is 37.7 Å². The zero-order valence-corrected chi connectivity index (χ0v) is 14.2. The zero-order chi connectivity index (χ0) is 16.6. The van der Waals surface area contributed by atoms with Gasteiger partial charge in [0.05, 0.1) is 0 Å². The van der Waals surface area contributed by atoms with Gasteiger partial charge >= 0.3 is 6.09 Å². The second-order valence-electron chi connectivity index (χ2n) is 8.28. The molecule has 4 saturated carbocycles. The molecule has 4 bridgehead atoms. The Kier molecular flexibility index (Phi) is 4.25. The van der Waals surface area contributed by atoms with Crippen LogP contribution in [0, 0.1) is 29.1 Å². The van der Waals surface area contributed by atoms with Crippen molar-refractivity contribution < 1.29 is 9.53 Å². The molecule has 3 N–H and O–H groups in total. The Labute approximate surface area is 144 Å². The molecule has 0 aromatic heterocycles. The first kappa shape index (κ1) is 15.9. The highest BCUT2D eigenvalue weighted by Crippen LogP contribution is 2.61. The number of alkyl carbamates (subject to hydrolysis) is 1. The van der Waals surface area contributed by atoms with Gasteiger partial charge < -0.3 is 15.8 Å². The number of amides is 1. The van der Waals surface area contributed by atoms with Crippen LogP contribution < -0.4 is 11.1 Å². The Morgan fingerprint density at radius 2 is 1.88 bits per heavy atom. The van der Waals surface area contributed by atoms with E-state index in [-0.39, 0.29) is 6.09 Å². The minimum atomic E-state index is -0.287. The van der Waals surface area contributed by atoms with E-state index >= 15 is 0 Å². The van der Waals surface area contributed by atoms with Crippen LogP contribution in [0.3, 0.4) is 0 Å². The fraction of sp³-hybridized carbons (Fsp3) is 0.650. The van der Waals surface area contributed by atoms with Crippen molar-refractivity contribution in [1.82, 2.24) is 5.32 Å². The predicted molar refractivity (Wildman–Crippen MR) is 93.2 cm³/mol. The molecule has 24 heavy (non-hydrogen) atoms. The lowest BCUT2D eigenvalue weighted by atomic mass is 9.46. The molecule has 1 amide bonds. The Morgan fingerprint density at radius 3 is 2.54 bits per heavy atom. The first-order chi connectivity index (χ1) is 11.7. The quantitative estimate of drug-likeness (QED) is 0.871. The third-order valence-electron chi connectivity index (χ3n) is 6.69. The maximum absolute atomic E-state index is 12.1. The number of nitrogens with two attached hydrogens (primary N) is 1. The van der Waals surface area contributed by atoms with Crippen LogP contribution in [0.15, 0.2) is 30.3 Å². The van der Waals surface area contributed by atoms with Crippen molar-refractivity contribution in [3.05, 3.63) is 35.9 Å². The third-order valence-corrected chi connectivity index (χ3v) is 6.69. The molecular weight excluding hydrogens is 300 g/mol. The molecule has 4 nitrogen and oxygen atoms in total. The predicted octanol–water partition coefficient (Wildman–Crippen LogP) is 3.31. The summed E-state index contributed by atoms with van der Waals surface area (Å²) in [5.41, 5.74) is 7.35. The van der Waals surface area contributed by atoms with Crippen molar-refractivity contribution in [3.63, 3.8) is 0 Å². The van der Waals surface area contributed by atoms with Crippen LogP contribution in [0.25, 0.3) is 0 Å². The van der Waals surface area contributed by atoms with Crippen LogP contribution in [0.5, 0.6) is 0 Å². The van der Waals surface area contributed by atoms with Crippen LogP contribution in [-0.4, -0.2) is 19.2 Å². The van der Waals surface area contributed by atoms with Crippen LogP contribution in [0.4, 0.5) is 4.79 Å². The van der Waals surface area contributed by atoms with E-state index in [1.54, 1.807) is 0 Å². The summed E-state index contributed by atoms with van der Waals surface area (Å²) in [6, 6.07) is 9.82. The molecule has 5 atom stereocenters. The summed E-state index contributed by atoms with van der Waals surface area (Å²) in [5, 5.41) is 3.05. The Bertz CT molecular complexity index is 573. The number of benzene rings is 1. The first-order valence-corrected chi connectivity index (χ1v) is 9.32. The molecule has 1 aromatic carbocycles. The maximum Gasteiger partial charge on any atom is 0.407 e. The average molecular weight is 328 g/mol. The average Bonchev–Trinajstić information content (AvgIpc) is 2.59. The lowest BCUT2D eigenvalue weighted by molar-refractivity contribution is -0.0900. The van der Waals surface area contributed by atoms with Crippen molar-refractivity contribution in [2.45, 2.75) is 38.7 Å². The summed E-state index contributed by atoms with van der Waals surface area (Å²) in [4.78, 5) is 12.1. The highest BCUT2D eigenvalue weighted by Gasteiger charge is 2.54. The molecule has 5 rings (SSSR count). The Balaban J connectivity index is 1.30. The van der Waals surface area contributed by atoms with E-state index in [0.29, 0.717) is 12.0 Å². The highest BCUT2D eigenvalue weighted by atomic mass is 16.5. The molecule has 0 heterocycles. The van der Waals surface area contributed by atoms with E-state index in [9.17, 15) is 4.79 Å². The molecule has 2 unspecified atom stereocenters. The van der Waals surface area contributed by atoms with Gasteiger partial charge in [-0.2, -0.15) is 0 Å². The smallest absolute Gasteiger partial charge is 0.407 e. The Hall–Kier alpha value is -1.55. The number of rotatable bonds is 5. The zero-order valence-electron chi connectivity index (χ0n) is 14.2. The van der Waals surface area contributed by atoms with Crippen molar-refractivity contribution in [2.24, 2.45) is 34.8 Å². The molecule has 130 valence electrons. The topological polar surface area (TPSA) is 64.3 Å². The highest BCUT2D eigenvalue weighted by molar-refractivity contribution is 5.67. The molecule has 4 aliphatic carbocycles. The number of ether oxygens (including phenoxy) is 1. The van der Waals surface area contributed by atoms with E-state index in [4.69, 9.17) is 10.5 Å². The van der Waals surface area contributed by atoms with Gasteiger partial charge in [-0.05, 0) is 73.3 Å². The van der Waals surface area contributed by atoms with Gasteiger partial charge in [-0.1, -0.05) is 30.3 Å². The Morgan fingerprint density at radius 1 is 1.17 bits per heavy atom. The van der Waals surface area contributed by atoms with Gasteiger partial charge in [-0.3, -0.25) is 0 Å². The normalized spacial score (nSPS) is 36.5. The van der Waals surface area contributed by atoms with Crippen LogP contribution in [-0.2, 0) is 11.3 Å². The number of carbonyl (C=O) groups excluding carboxylic acids is 1. The van der Waals surface area contributed by atoms with E-state index in [1.165, 1.54) is 32.1 Å². The number of carbonyl (C=O) groups is 1. The summed E-state index contributed by atoms with van der Waals surface area (Å²) in [6.45, 7) is 1.94. The van der Waals surface area contributed by atoms with Crippen LogP contribution >= 0.6 is 0 Å².